The zero-order valence-corrected chi connectivity index (χ0v) is 15.5. The molecule has 0 fully saturated rings. The topological polar surface area (TPSA) is 29.1 Å². The Morgan fingerprint density at radius 1 is 0.960 bits per heavy atom. The van der Waals surface area contributed by atoms with Crippen LogP contribution in [0.5, 0.6) is 0 Å². The fraction of sp³-hybridized carbons (Fsp3) is 0.227. The lowest BCUT2D eigenvalue weighted by Crippen LogP contribution is -2.14. The molecule has 0 spiro atoms. The smallest absolute Gasteiger partial charge is 0.234 e. The Hall–Kier alpha value is -2.26. The van der Waals surface area contributed by atoms with Gasteiger partial charge in [0.25, 0.3) is 0 Å². The van der Waals surface area contributed by atoms with E-state index in [0.29, 0.717) is 11.7 Å². The third-order valence-electron chi connectivity index (χ3n) is 4.18. The van der Waals surface area contributed by atoms with Crippen molar-refractivity contribution in [3.8, 4) is 0 Å². The first kappa shape index (κ1) is 17.6. The van der Waals surface area contributed by atoms with Crippen molar-refractivity contribution in [3.63, 3.8) is 0 Å². The van der Waals surface area contributed by atoms with Crippen LogP contribution >= 0.6 is 11.8 Å². The van der Waals surface area contributed by atoms with Crippen LogP contribution in [0, 0.1) is 0 Å². The summed E-state index contributed by atoms with van der Waals surface area (Å²) in [5.41, 5.74) is 3.39. The first-order chi connectivity index (χ1) is 12.1. The minimum Gasteiger partial charge on any atom is -0.325 e. The van der Waals surface area contributed by atoms with Crippen molar-refractivity contribution in [2.24, 2.45) is 0 Å². The highest BCUT2D eigenvalue weighted by Gasteiger charge is 2.05. The molecule has 0 unspecified atom stereocenters. The van der Waals surface area contributed by atoms with Gasteiger partial charge in [0, 0.05) is 11.4 Å². The van der Waals surface area contributed by atoms with Crippen LogP contribution in [0.1, 0.15) is 30.9 Å². The maximum atomic E-state index is 12.1. The molecule has 3 rings (SSSR count). The van der Waals surface area contributed by atoms with E-state index in [-0.39, 0.29) is 5.91 Å². The fourth-order valence-corrected chi connectivity index (χ4v) is 3.51. The van der Waals surface area contributed by atoms with E-state index in [4.69, 9.17) is 0 Å². The number of nitrogens with one attached hydrogen (secondary N) is 1. The first-order valence-corrected chi connectivity index (χ1v) is 9.72. The molecule has 3 aromatic rings. The molecule has 0 aliphatic carbocycles. The minimum atomic E-state index is 0.0445. The molecule has 0 bridgehead atoms. The number of hydrogen-bond donors (Lipinski definition) is 1. The number of thioether (sulfide) groups is 1. The zero-order valence-electron chi connectivity index (χ0n) is 14.7. The van der Waals surface area contributed by atoms with Gasteiger partial charge in [-0.05, 0) is 39.9 Å². The fourth-order valence-electron chi connectivity index (χ4n) is 2.74. The predicted molar refractivity (Wildman–Crippen MR) is 109 cm³/mol. The normalized spacial score (nSPS) is 11.0. The molecular weight excluding hydrogens is 326 g/mol. The third-order valence-corrected chi connectivity index (χ3v) is 5.18. The minimum absolute atomic E-state index is 0.0445. The Morgan fingerprint density at radius 2 is 1.68 bits per heavy atom. The molecule has 3 aromatic carbocycles. The van der Waals surface area contributed by atoms with Crippen LogP contribution in [0.4, 0.5) is 5.69 Å². The van der Waals surface area contributed by atoms with Gasteiger partial charge in [0.05, 0.1) is 5.75 Å². The second kappa shape index (κ2) is 8.21. The lowest BCUT2D eigenvalue weighted by molar-refractivity contribution is -0.113. The summed E-state index contributed by atoms with van der Waals surface area (Å²) >= 11 is 1.64. The average molecular weight is 349 g/mol. The second-order valence-electron chi connectivity index (χ2n) is 6.50. The van der Waals surface area contributed by atoms with Gasteiger partial charge >= 0.3 is 0 Å². The van der Waals surface area contributed by atoms with Gasteiger partial charge in [0.1, 0.15) is 0 Å². The van der Waals surface area contributed by atoms with Crippen molar-refractivity contribution >= 4 is 34.1 Å². The number of anilines is 1. The van der Waals surface area contributed by atoms with Gasteiger partial charge < -0.3 is 5.32 Å². The van der Waals surface area contributed by atoms with E-state index in [2.05, 4.69) is 73.8 Å². The van der Waals surface area contributed by atoms with Gasteiger partial charge in [0.15, 0.2) is 0 Å². The van der Waals surface area contributed by atoms with Crippen LogP contribution in [0.15, 0.2) is 66.7 Å². The zero-order chi connectivity index (χ0) is 17.6. The SMILES string of the molecule is CC(C)c1ccc(NC(=O)CSCc2ccc3ccccc3c2)cc1. The third kappa shape index (κ3) is 4.86. The largest absolute Gasteiger partial charge is 0.325 e. The highest BCUT2D eigenvalue weighted by atomic mass is 32.2. The van der Waals surface area contributed by atoms with Gasteiger partial charge in [-0.2, -0.15) is 0 Å². The summed E-state index contributed by atoms with van der Waals surface area (Å²) in [7, 11) is 0. The molecule has 0 aliphatic heterocycles. The Kier molecular flexibility index (Phi) is 5.77. The van der Waals surface area contributed by atoms with Crippen LogP contribution in [0.25, 0.3) is 10.8 Å². The van der Waals surface area contributed by atoms with Crippen LogP contribution < -0.4 is 5.32 Å². The highest BCUT2D eigenvalue weighted by Crippen LogP contribution is 2.20. The molecule has 0 atom stereocenters. The Balaban J connectivity index is 1.50. The Labute approximate surface area is 153 Å². The van der Waals surface area contributed by atoms with Crippen molar-refractivity contribution in [2.45, 2.75) is 25.5 Å². The van der Waals surface area contributed by atoms with Crippen molar-refractivity contribution in [3.05, 3.63) is 77.9 Å². The van der Waals surface area contributed by atoms with Gasteiger partial charge in [-0.3, -0.25) is 4.79 Å². The molecule has 1 amide bonds. The summed E-state index contributed by atoms with van der Waals surface area (Å²) in [4.78, 5) is 12.1. The predicted octanol–water partition coefficient (Wildman–Crippen LogP) is 5.84. The number of carbonyl (C=O) groups excluding carboxylic acids is 1. The summed E-state index contributed by atoms with van der Waals surface area (Å²) in [6.07, 6.45) is 0. The van der Waals surface area contributed by atoms with Crippen LogP contribution in [0.3, 0.4) is 0 Å². The quantitative estimate of drug-likeness (QED) is 0.606. The molecule has 0 aromatic heterocycles. The summed E-state index contributed by atoms with van der Waals surface area (Å²) in [5.74, 6) is 1.84. The second-order valence-corrected chi connectivity index (χ2v) is 7.48. The molecule has 0 saturated carbocycles. The van der Waals surface area contributed by atoms with E-state index in [9.17, 15) is 4.79 Å². The molecule has 25 heavy (non-hydrogen) atoms. The maximum absolute atomic E-state index is 12.1. The van der Waals surface area contributed by atoms with E-state index in [1.807, 2.05) is 12.1 Å². The Morgan fingerprint density at radius 3 is 2.40 bits per heavy atom. The maximum Gasteiger partial charge on any atom is 0.234 e. The monoisotopic (exact) mass is 349 g/mol. The van der Waals surface area contributed by atoms with Crippen LogP contribution in [-0.4, -0.2) is 11.7 Å². The molecule has 0 aliphatic rings. The summed E-state index contributed by atoms with van der Waals surface area (Å²) in [6, 6.07) is 22.9. The number of rotatable bonds is 6. The molecule has 1 N–H and O–H groups in total. The van der Waals surface area contributed by atoms with E-state index in [1.54, 1.807) is 11.8 Å². The van der Waals surface area contributed by atoms with Gasteiger partial charge in [-0.1, -0.05) is 68.4 Å². The lowest BCUT2D eigenvalue weighted by atomic mass is 10.0. The van der Waals surface area contributed by atoms with E-state index < -0.39 is 0 Å². The summed E-state index contributed by atoms with van der Waals surface area (Å²) in [6.45, 7) is 4.33. The number of hydrogen-bond acceptors (Lipinski definition) is 2. The number of fused-ring (bicyclic) bond motifs is 1. The van der Waals surface area contributed by atoms with Crippen molar-refractivity contribution in [1.82, 2.24) is 0 Å². The van der Waals surface area contributed by atoms with Gasteiger partial charge in [-0.15, -0.1) is 11.8 Å². The highest BCUT2D eigenvalue weighted by molar-refractivity contribution is 7.99. The number of amides is 1. The van der Waals surface area contributed by atoms with Gasteiger partial charge in [-0.25, -0.2) is 0 Å². The number of benzene rings is 3. The average Bonchev–Trinajstić information content (AvgIpc) is 2.62. The van der Waals surface area contributed by atoms with Crippen LogP contribution in [-0.2, 0) is 10.5 Å². The van der Waals surface area contributed by atoms with E-state index in [0.717, 1.165) is 11.4 Å². The molecule has 128 valence electrons. The Bertz CT molecular complexity index is 855. The molecule has 3 heteroatoms. The van der Waals surface area contributed by atoms with Crippen molar-refractivity contribution < 1.29 is 4.79 Å². The van der Waals surface area contributed by atoms with Gasteiger partial charge in [0.2, 0.25) is 5.91 Å². The molecule has 0 radical (unpaired) electrons. The standard InChI is InChI=1S/C22H23NOS/c1-16(2)18-9-11-21(12-10-18)23-22(24)15-25-14-17-7-8-19-5-3-4-6-20(19)13-17/h3-13,16H,14-15H2,1-2H3,(H,23,24). The molecule has 2 nitrogen and oxygen atoms in total. The number of carbonyl (C=O) groups is 1. The molecular formula is C22H23NOS. The lowest BCUT2D eigenvalue weighted by Gasteiger charge is -2.08. The van der Waals surface area contributed by atoms with Crippen LogP contribution in [0.2, 0.25) is 0 Å². The summed E-state index contributed by atoms with van der Waals surface area (Å²) < 4.78 is 0. The van der Waals surface area contributed by atoms with E-state index in [1.165, 1.54) is 21.9 Å². The van der Waals surface area contributed by atoms with Crippen molar-refractivity contribution in [1.29, 1.82) is 0 Å². The summed E-state index contributed by atoms with van der Waals surface area (Å²) in [5, 5.41) is 5.46. The molecule has 0 saturated heterocycles. The van der Waals surface area contributed by atoms with Crippen molar-refractivity contribution in [2.75, 3.05) is 11.1 Å². The first-order valence-electron chi connectivity index (χ1n) is 8.57. The molecule has 0 heterocycles. The van der Waals surface area contributed by atoms with E-state index >= 15 is 0 Å².